The molecule has 0 aliphatic rings. The molecule has 1 aromatic rings. The van der Waals surface area contributed by atoms with E-state index in [2.05, 4.69) is 26.1 Å². The van der Waals surface area contributed by atoms with Crippen molar-refractivity contribution in [3.05, 3.63) is 22.7 Å². The van der Waals surface area contributed by atoms with Crippen molar-refractivity contribution in [1.82, 2.24) is 4.90 Å². The molecule has 17 heavy (non-hydrogen) atoms. The van der Waals surface area contributed by atoms with Gasteiger partial charge in [-0.3, -0.25) is 0 Å². The Bertz CT molecular complexity index is 345. The van der Waals surface area contributed by atoms with Crippen molar-refractivity contribution in [3.63, 3.8) is 0 Å². The van der Waals surface area contributed by atoms with E-state index < -0.39 is 0 Å². The Labute approximate surface area is 111 Å². The van der Waals surface area contributed by atoms with Gasteiger partial charge in [0.1, 0.15) is 0 Å². The molecule has 4 nitrogen and oxygen atoms in total. The Hall–Kier alpha value is -0.780. The zero-order valence-corrected chi connectivity index (χ0v) is 12.0. The van der Waals surface area contributed by atoms with E-state index in [4.69, 9.17) is 10.5 Å². The topological polar surface area (TPSA) is 50.5 Å². The molecule has 0 aliphatic heterocycles. The smallest absolute Gasteiger partial charge is 0.0639 e. The average molecular weight is 302 g/mol. The number of nitrogens with one attached hydrogen (secondary N) is 1. The van der Waals surface area contributed by atoms with Gasteiger partial charge in [0, 0.05) is 17.6 Å². The molecule has 0 heterocycles. The Balaban J connectivity index is 2.18. The molecule has 0 fully saturated rings. The van der Waals surface area contributed by atoms with Gasteiger partial charge in [-0.1, -0.05) is 15.9 Å². The van der Waals surface area contributed by atoms with Crippen LogP contribution in [0.15, 0.2) is 22.7 Å². The number of nitrogen functional groups attached to an aromatic ring is 1. The molecule has 5 heteroatoms. The summed E-state index contributed by atoms with van der Waals surface area (Å²) in [7, 11) is 4.06. The normalized spacial score (nSPS) is 10.8. The fourth-order valence-corrected chi connectivity index (χ4v) is 1.68. The fraction of sp³-hybridized carbons (Fsp3) is 0.500. The molecule has 0 atom stereocenters. The molecular formula is C12H20BrN3O. The first kappa shape index (κ1) is 14.3. The van der Waals surface area contributed by atoms with E-state index in [0.29, 0.717) is 6.61 Å². The van der Waals surface area contributed by atoms with Crippen LogP contribution in [0.1, 0.15) is 0 Å². The molecule has 0 amide bonds. The predicted octanol–water partition coefficient (Wildman–Crippen LogP) is 2.02. The largest absolute Gasteiger partial charge is 0.397 e. The van der Waals surface area contributed by atoms with Crippen LogP contribution in [-0.4, -0.2) is 45.3 Å². The van der Waals surface area contributed by atoms with Crippen LogP contribution in [0.3, 0.4) is 0 Å². The molecule has 0 aliphatic carbocycles. The van der Waals surface area contributed by atoms with Crippen molar-refractivity contribution < 1.29 is 4.74 Å². The highest BCUT2D eigenvalue weighted by Gasteiger charge is 1.98. The molecule has 1 rings (SSSR count). The maximum atomic E-state index is 5.86. The number of rotatable bonds is 7. The van der Waals surface area contributed by atoms with Crippen molar-refractivity contribution >= 4 is 27.3 Å². The molecule has 3 N–H and O–H groups in total. The summed E-state index contributed by atoms with van der Waals surface area (Å²) in [6, 6.07) is 5.81. The van der Waals surface area contributed by atoms with Gasteiger partial charge in [0.2, 0.25) is 0 Å². The van der Waals surface area contributed by atoms with Crippen LogP contribution in [0.5, 0.6) is 0 Å². The minimum absolute atomic E-state index is 0.684. The second-order valence-corrected chi connectivity index (χ2v) is 4.99. The van der Waals surface area contributed by atoms with Gasteiger partial charge in [0.05, 0.1) is 24.6 Å². The molecular weight excluding hydrogens is 282 g/mol. The lowest BCUT2D eigenvalue weighted by atomic mass is 10.3. The second kappa shape index (κ2) is 7.53. The third kappa shape index (κ3) is 5.91. The summed E-state index contributed by atoms with van der Waals surface area (Å²) in [5, 5.41) is 3.24. The summed E-state index contributed by atoms with van der Waals surface area (Å²) in [6.45, 7) is 3.15. The van der Waals surface area contributed by atoms with Gasteiger partial charge in [-0.25, -0.2) is 0 Å². The highest BCUT2D eigenvalue weighted by Crippen LogP contribution is 2.22. The van der Waals surface area contributed by atoms with Gasteiger partial charge in [0.25, 0.3) is 0 Å². The van der Waals surface area contributed by atoms with Gasteiger partial charge < -0.3 is 20.7 Å². The fourth-order valence-electron chi connectivity index (χ4n) is 1.30. The summed E-state index contributed by atoms with van der Waals surface area (Å²) < 4.78 is 6.46. The van der Waals surface area contributed by atoms with Crippen LogP contribution in [0.2, 0.25) is 0 Å². The molecule has 0 unspecified atom stereocenters. The molecule has 1 aromatic carbocycles. The molecule has 0 saturated carbocycles. The number of anilines is 2. The Morgan fingerprint density at radius 3 is 2.76 bits per heavy atom. The van der Waals surface area contributed by atoms with E-state index in [1.807, 2.05) is 32.3 Å². The van der Waals surface area contributed by atoms with Crippen molar-refractivity contribution in [2.45, 2.75) is 0 Å². The summed E-state index contributed by atoms with van der Waals surface area (Å²) in [5.41, 5.74) is 7.55. The van der Waals surface area contributed by atoms with E-state index in [1.54, 1.807) is 0 Å². The zero-order chi connectivity index (χ0) is 12.7. The Kier molecular flexibility index (Phi) is 6.32. The van der Waals surface area contributed by atoms with Crippen LogP contribution >= 0.6 is 15.9 Å². The number of hydrogen-bond acceptors (Lipinski definition) is 4. The van der Waals surface area contributed by atoms with Crippen molar-refractivity contribution in [2.75, 3.05) is 51.4 Å². The molecule has 0 spiro atoms. The summed E-state index contributed by atoms with van der Waals surface area (Å²) in [4.78, 5) is 2.10. The number of nitrogens with zero attached hydrogens (tertiary/aromatic N) is 1. The zero-order valence-electron chi connectivity index (χ0n) is 10.4. The van der Waals surface area contributed by atoms with Crippen molar-refractivity contribution in [2.24, 2.45) is 0 Å². The average Bonchev–Trinajstić information content (AvgIpc) is 2.25. The number of benzene rings is 1. The maximum absolute atomic E-state index is 5.86. The third-order valence-electron chi connectivity index (χ3n) is 2.26. The second-order valence-electron chi connectivity index (χ2n) is 4.07. The SMILES string of the molecule is CN(C)CCOCCNc1ccc(Br)cc1N. The van der Waals surface area contributed by atoms with Gasteiger partial charge >= 0.3 is 0 Å². The first-order valence-electron chi connectivity index (χ1n) is 5.61. The third-order valence-corrected chi connectivity index (χ3v) is 2.75. The molecule has 96 valence electrons. The Morgan fingerprint density at radius 1 is 1.35 bits per heavy atom. The molecule has 0 aromatic heterocycles. The lowest BCUT2D eigenvalue weighted by molar-refractivity contribution is 0.126. The highest BCUT2D eigenvalue weighted by atomic mass is 79.9. The van der Waals surface area contributed by atoms with Crippen LogP contribution in [0, 0.1) is 0 Å². The van der Waals surface area contributed by atoms with Crippen LogP contribution in [0.25, 0.3) is 0 Å². The monoisotopic (exact) mass is 301 g/mol. The Morgan fingerprint density at radius 2 is 2.12 bits per heavy atom. The maximum Gasteiger partial charge on any atom is 0.0639 e. The van der Waals surface area contributed by atoms with E-state index >= 15 is 0 Å². The number of hydrogen-bond donors (Lipinski definition) is 2. The number of ether oxygens (including phenoxy) is 1. The van der Waals surface area contributed by atoms with Crippen LogP contribution in [-0.2, 0) is 4.74 Å². The lowest BCUT2D eigenvalue weighted by Gasteiger charge is -2.12. The molecule has 0 bridgehead atoms. The number of halogens is 1. The van der Waals surface area contributed by atoms with Crippen molar-refractivity contribution in [3.8, 4) is 0 Å². The minimum atomic E-state index is 0.684. The van der Waals surface area contributed by atoms with Crippen molar-refractivity contribution in [1.29, 1.82) is 0 Å². The first-order valence-corrected chi connectivity index (χ1v) is 6.40. The number of likely N-dealkylation sites (N-methyl/N-ethyl adjacent to an activating group) is 1. The summed E-state index contributed by atoms with van der Waals surface area (Å²) >= 11 is 3.38. The molecule has 0 saturated heterocycles. The van der Waals surface area contributed by atoms with E-state index in [-0.39, 0.29) is 0 Å². The number of nitrogens with two attached hydrogens (primary N) is 1. The van der Waals surface area contributed by atoms with E-state index in [1.165, 1.54) is 0 Å². The lowest BCUT2D eigenvalue weighted by Crippen LogP contribution is -2.20. The first-order chi connectivity index (χ1) is 8.09. The predicted molar refractivity (Wildman–Crippen MR) is 76.4 cm³/mol. The standard InChI is InChI=1S/C12H20BrN3O/c1-16(2)6-8-17-7-5-15-12-4-3-10(13)9-11(12)14/h3-4,9,15H,5-8,14H2,1-2H3. The van der Waals surface area contributed by atoms with E-state index in [0.717, 1.165) is 35.5 Å². The van der Waals surface area contributed by atoms with Crippen LogP contribution < -0.4 is 11.1 Å². The van der Waals surface area contributed by atoms with Gasteiger partial charge in [-0.2, -0.15) is 0 Å². The highest BCUT2D eigenvalue weighted by molar-refractivity contribution is 9.10. The summed E-state index contributed by atoms with van der Waals surface area (Å²) in [5.74, 6) is 0. The summed E-state index contributed by atoms with van der Waals surface area (Å²) in [6.07, 6.45) is 0. The molecule has 0 radical (unpaired) electrons. The van der Waals surface area contributed by atoms with Gasteiger partial charge in [0.15, 0.2) is 0 Å². The van der Waals surface area contributed by atoms with Gasteiger partial charge in [-0.05, 0) is 32.3 Å². The quantitative estimate of drug-likeness (QED) is 0.598. The van der Waals surface area contributed by atoms with Crippen LogP contribution in [0.4, 0.5) is 11.4 Å². The minimum Gasteiger partial charge on any atom is -0.397 e. The van der Waals surface area contributed by atoms with Gasteiger partial charge in [-0.15, -0.1) is 0 Å². The van der Waals surface area contributed by atoms with E-state index in [9.17, 15) is 0 Å².